The highest BCUT2D eigenvalue weighted by Gasteiger charge is 2.14. The van der Waals surface area contributed by atoms with Crippen LogP contribution in [0.1, 0.15) is 22.3 Å². The van der Waals surface area contributed by atoms with Gasteiger partial charge in [0.1, 0.15) is 0 Å². The third-order valence-electron chi connectivity index (χ3n) is 4.11. The van der Waals surface area contributed by atoms with Crippen molar-refractivity contribution in [3.8, 4) is 0 Å². The molecular formula is C17H28N4O. The van der Waals surface area contributed by atoms with Gasteiger partial charge in [-0.15, -0.1) is 0 Å². The van der Waals surface area contributed by atoms with Crippen LogP contribution in [-0.2, 0) is 6.54 Å². The van der Waals surface area contributed by atoms with Crippen molar-refractivity contribution in [1.82, 2.24) is 20.4 Å². The Balaban J connectivity index is 1.78. The van der Waals surface area contributed by atoms with E-state index in [-0.39, 0.29) is 5.91 Å². The maximum atomic E-state index is 12.0. The Labute approximate surface area is 133 Å². The van der Waals surface area contributed by atoms with E-state index in [0.29, 0.717) is 6.54 Å². The van der Waals surface area contributed by atoms with E-state index in [4.69, 9.17) is 0 Å². The number of carbonyl (C=O) groups excluding carboxylic acids is 1. The van der Waals surface area contributed by atoms with E-state index in [9.17, 15) is 4.79 Å². The Hall–Kier alpha value is -1.43. The lowest BCUT2D eigenvalue weighted by Gasteiger charge is -2.32. The van der Waals surface area contributed by atoms with Crippen LogP contribution in [0, 0.1) is 0 Å². The molecule has 0 radical (unpaired) electrons. The molecule has 1 aliphatic rings. The van der Waals surface area contributed by atoms with Crippen LogP contribution in [0.25, 0.3) is 0 Å². The second-order valence-corrected chi connectivity index (χ2v) is 5.99. The topological polar surface area (TPSA) is 47.6 Å². The van der Waals surface area contributed by atoms with Gasteiger partial charge < -0.3 is 15.5 Å². The van der Waals surface area contributed by atoms with Gasteiger partial charge in [-0.05, 0) is 44.8 Å². The number of likely N-dealkylation sites (N-methyl/N-ethyl adjacent to an activating group) is 1. The molecule has 0 spiro atoms. The van der Waals surface area contributed by atoms with Gasteiger partial charge in [-0.1, -0.05) is 12.1 Å². The largest absolute Gasteiger partial charge is 0.352 e. The second kappa shape index (κ2) is 8.88. The SMILES string of the molecule is CNCCCNC(=O)c1ccc(CN2CCN(C)CC2)cc1. The van der Waals surface area contributed by atoms with Crippen molar-refractivity contribution in [2.75, 3.05) is 53.4 Å². The lowest BCUT2D eigenvalue weighted by molar-refractivity contribution is 0.0953. The van der Waals surface area contributed by atoms with Crippen LogP contribution >= 0.6 is 0 Å². The predicted octanol–water partition coefficient (Wildman–Crippen LogP) is 0.773. The molecule has 22 heavy (non-hydrogen) atoms. The van der Waals surface area contributed by atoms with Crippen molar-refractivity contribution >= 4 is 5.91 Å². The molecule has 2 N–H and O–H groups in total. The molecule has 2 rings (SSSR count). The Morgan fingerprint density at radius 3 is 2.41 bits per heavy atom. The van der Waals surface area contributed by atoms with E-state index in [2.05, 4.69) is 39.6 Å². The summed E-state index contributed by atoms with van der Waals surface area (Å²) in [7, 11) is 4.09. The highest BCUT2D eigenvalue weighted by atomic mass is 16.1. The lowest BCUT2D eigenvalue weighted by Crippen LogP contribution is -2.43. The number of nitrogens with one attached hydrogen (secondary N) is 2. The average molecular weight is 304 g/mol. The minimum absolute atomic E-state index is 0.0160. The minimum Gasteiger partial charge on any atom is -0.352 e. The fourth-order valence-corrected chi connectivity index (χ4v) is 2.59. The van der Waals surface area contributed by atoms with Gasteiger partial charge in [0.2, 0.25) is 0 Å². The van der Waals surface area contributed by atoms with Crippen molar-refractivity contribution < 1.29 is 4.79 Å². The smallest absolute Gasteiger partial charge is 0.251 e. The molecular weight excluding hydrogens is 276 g/mol. The van der Waals surface area contributed by atoms with Gasteiger partial charge in [0.15, 0.2) is 0 Å². The molecule has 1 aliphatic heterocycles. The summed E-state index contributed by atoms with van der Waals surface area (Å²) in [5, 5.41) is 6.02. The van der Waals surface area contributed by atoms with Gasteiger partial charge in [-0.2, -0.15) is 0 Å². The van der Waals surface area contributed by atoms with Crippen LogP contribution in [0.2, 0.25) is 0 Å². The van der Waals surface area contributed by atoms with Gasteiger partial charge in [-0.25, -0.2) is 0 Å². The Morgan fingerprint density at radius 1 is 1.09 bits per heavy atom. The fraction of sp³-hybridized carbons (Fsp3) is 0.588. The number of rotatable bonds is 7. The van der Waals surface area contributed by atoms with Gasteiger partial charge in [0, 0.05) is 44.8 Å². The molecule has 5 heteroatoms. The van der Waals surface area contributed by atoms with Crippen molar-refractivity contribution in [2.45, 2.75) is 13.0 Å². The Morgan fingerprint density at radius 2 is 1.77 bits per heavy atom. The third kappa shape index (κ3) is 5.40. The third-order valence-corrected chi connectivity index (χ3v) is 4.11. The van der Waals surface area contributed by atoms with E-state index in [1.165, 1.54) is 5.56 Å². The van der Waals surface area contributed by atoms with Gasteiger partial charge in [0.25, 0.3) is 5.91 Å². The molecule has 5 nitrogen and oxygen atoms in total. The summed E-state index contributed by atoms with van der Waals surface area (Å²) in [6.45, 7) is 7.10. The fourth-order valence-electron chi connectivity index (χ4n) is 2.59. The van der Waals surface area contributed by atoms with Crippen molar-refractivity contribution in [3.05, 3.63) is 35.4 Å². The number of nitrogens with zero attached hydrogens (tertiary/aromatic N) is 2. The number of piperazine rings is 1. The van der Waals surface area contributed by atoms with Crippen LogP contribution in [0.3, 0.4) is 0 Å². The molecule has 1 aromatic carbocycles. The zero-order valence-corrected chi connectivity index (χ0v) is 13.8. The second-order valence-electron chi connectivity index (χ2n) is 5.99. The lowest BCUT2D eigenvalue weighted by atomic mass is 10.1. The van der Waals surface area contributed by atoms with Crippen LogP contribution in [0.5, 0.6) is 0 Å². The monoisotopic (exact) mass is 304 g/mol. The summed E-state index contributed by atoms with van der Waals surface area (Å²) in [5.74, 6) is 0.0160. The molecule has 0 aromatic heterocycles. The molecule has 1 fully saturated rings. The molecule has 0 unspecified atom stereocenters. The van der Waals surface area contributed by atoms with E-state index in [1.807, 2.05) is 19.2 Å². The molecule has 0 atom stereocenters. The molecule has 0 saturated carbocycles. The average Bonchev–Trinajstić information content (AvgIpc) is 2.54. The Bertz CT molecular complexity index is 452. The molecule has 0 bridgehead atoms. The Kier molecular flexibility index (Phi) is 6.83. The maximum Gasteiger partial charge on any atom is 0.251 e. The van der Waals surface area contributed by atoms with Crippen LogP contribution in [-0.4, -0.2) is 69.1 Å². The van der Waals surface area contributed by atoms with Crippen LogP contribution in [0.4, 0.5) is 0 Å². The number of benzene rings is 1. The first-order valence-electron chi connectivity index (χ1n) is 8.11. The van der Waals surface area contributed by atoms with Gasteiger partial charge in [0.05, 0.1) is 0 Å². The number of hydrogen-bond donors (Lipinski definition) is 2. The van der Waals surface area contributed by atoms with E-state index in [1.54, 1.807) is 0 Å². The summed E-state index contributed by atoms with van der Waals surface area (Å²) in [5.41, 5.74) is 2.02. The number of amides is 1. The summed E-state index contributed by atoms with van der Waals surface area (Å²) < 4.78 is 0. The predicted molar refractivity (Wildman–Crippen MR) is 90.1 cm³/mol. The summed E-state index contributed by atoms with van der Waals surface area (Å²) in [4.78, 5) is 16.8. The zero-order chi connectivity index (χ0) is 15.8. The highest BCUT2D eigenvalue weighted by molar-refractivity contribution is 5.94. The van der Waals surface area contributed by atoms with Crippen LogP contribution < -0.4 is 10.6 Å². The minimum atomic E-state index is 0.0160. The van der Waals surface area contributed by atoms with Gasteiger partial charge >= 0.3 is 0 Å². The maximum absolute atomic E-state index is 12.0. The molecule has 1 heterocycles. The van der Waals surface area contributed by atoms with E-state index < -0.39 is 0 Å². The van der Waals surface area contributed by atoms with E-state index in [0.717, 1.165) is 51.3 Å². The highest BCUT2D eigenvalue weighted by Crippen LogP contribution is 2.09. The molecule has 122 valence electrons. The van der Waals surface area contributed by atoms with Crippen molar-refractivity contribution in [2.24, 2.45) is 0 Å². The molecule has 0 aliphatic carbocycles. The molecule has 1 amide bonds. The quantitative estimate of drug-likeness (QED) is 0.731. The summed E-state index contributed by atoms with van der Waals surface area (Å²) >= 11 is 0. The first-order valence-corrected chi connectivity index (χ1v) is 8.11. The van der Waals surface area contributed by atoms with Crippen molar-refractivity contribution in [1.29, 1.82) is 0 Å². The molecule has 1 aromatic rings. The first kappa shape index (κ1) is 16.9. The van der Waals surface area contributed by atoms with Crippen molar-refractivity contribution in [3.63, 3.8) is 0 Å². The molecule has 1 saturated heterocycles. The zero-order valence-electron chi connectivity index (χ0n) is 13.8. The van der Waals surface area contributed by atoms with Crippen LogP contribution in [0.15, 0.2) is 24.3 Å². The number of carbonyl (C=O) groups is 1. The summed E-state index contributed by atoms with van der Waals surface area (Å²) in [6.07, 6.45) is 0.948. The van der Waals surface area contributed by atoms with Gasteiger partial charge in [-0.3, -0.25) is 9.69 Å². The first-order chi connectivity index (χ1) is 10.7. The normalized spacial score (nSPS) is 16.6. The number of hydrogen-bond acceptors (Lipinski definition) is 4. The standard InChI is InChI=1S/C17H28N4O/c1-18-8-3-9-19-17(22)16-6-4-15(5-7-16)14-21-12-10-20(2)11-13-21/h4-7,18H,3,8-14H2,1-2H3,(H,19,22). The van der Waals surface area contributed by atoms with E-state index >= 15 is 0 Å². The summed E-state index contributed by atoms with van der Waals surface area (Å²) in [6, 6.07) is 8.00.